The third kappa shape index (κ3) is 4.93. The molecule has 0 fully saturated rings. The standard InChI is InChI=1S/C11H13ClF2O4S/c1-17-4-2-3-5-18-11-9(13)6-8(7-10(11)14)19(12,15)16/h6-7H,2-5H2,1H3. The molecule has 1 aromatic carbocycles. The average Bonchev–Trinajstić information content (AvgIpc) is 2.30. The molecule has 0 aromatic heterocycles. The molecule has 4 nitrogen and oxygen atoms in total. The first-order valence-electron chi connectivity index (χ1n) is 5.41. The molecule has 0 saturated carbocycles. The fourth-order valence-corrected chi connectivity index (χ4v) is 2.09. The summed E-state index contributed by atoms with van der Waals surface area (Å²) in [6.45, 7) is 0.627. The molecule has 8 heteroatoms. The number of methoxy groups -OCH3 is 1. The van der Waals surface area contributed by atoms with E-state index in [4.69, 9.17) is 20.2 Å². The number of unbranched alkanes of at least 4 members (excludes halogenated alkanes) is 1. The Balaban J connectivity index is 2.75. The lowest BCUT2D eigenvalue weighted by Crippen LogP contribution is -2.04. The van der Waals surface area contributed by atoms with E-state index in [2.05, 4.69) is 0 Å². The van der Waals surface area contributed by atoms with Crippen LogP contribution in [0.3, 0.4) is 0 Å². The van der Waals surface area contributed by atoms with Gasteiger partial charge >= 0.3 is 0 Å². The lowest BCUT2D eigenvalue weighted by atomic mass is 10.3. The third-order valence-electron chi connectivity index (χ3n) is 2.24. The first-order valence-corrected chi connectivity index (χ1v) is 7.72. The van der Waals surface area contributed by atoms with E-state index in [0.29, 0.717) is 31.6 Å². The van der Waals surface area contributed by atoms with E-state index in [1.807, 2.05) is 0 Å². The smallest absolute Gasteiger partial charge is 0.261 e. The molecular weight excluding hydrogens is 302 g/mol. The summed E-state index contributed by atoms with van der Waals surface area (Å²) in [5.41, 5.74) is 0. The van der Waals surface area contributed by atoms with Gasteiger partial charge in [-0.1, -0.05) is 0 Å². The summed E-state index contributed by atoms with van der Waals surface area (Å²) in [7, 11) is 2.37. The molecule has 0 aliphatic heterocycles. The normalized spacial score (nSPS) is 11.6. The van der Waals surface area contributed by atoms with Gasteiger partial charge in [0.05, 0.1) is 11.5 Å². The fraction of sp³-hybridized carbons (Fsp3) is 0.455. The first-order chi connectivity index (χ1) is 8.86. The number of hydrogen-bond donors (Lipinski definition) is 0. The Kier molecular flexibility index (Phi) is 5.96. The Morgan fingerprint density at radius 2 is 1.68 bits per heavy atom. The quantitative estimate of drug-likeness (QED) is 0.573. The largest absolute Gasteiger partial charge is 0.488 e. The molecule has 1 rings (SSSR count). The number of benzene rings is 1. The number of ether oxygens (including phenoxy) is 2. The fourth-order valence-electron chi connectivity index (χ4n) is 1.34. The Labute approximate surface area is 114 Å². The van der Waals surface area contributed by atoms with Crippen LogP contribution in [0, 0.1) is 11.6 Å². The summed E-state index contributed by atoms with van der Waals surface area (Å²) >= 11 is 0. The Hall–Kier alpha value is -0.920. The van der Waals surface area contributed by atoms with E-state index in [1.54, 1.807) is 7.11 Å². The van der Waals surface area contributed by atoms with Crippen LogP contribution in [0.15, 0.2) is 17.0 Å². The molecule has 19 heavy (non-hydrogen) atoms. The van der Waals surface area contributed by atoms with Crippen LogP contribution in [0.2, 0.25) is 0 Å². The Morgan fingerprint density at radius 1 is 1.16 bits per heavy atom. The van der Waals surface area contributed by atoms with Crippen LogP contribution in [0.25, 0.3) is 0 Å². The van der Waals surface area contributed by atoms with Crippen molar-refractivity contribution in [3.63, 3.8) is 0 Å². The van der Waals surface area contributed by atoms with Crippen LogP contribution in [0.4, 0.5) is 8.78 Å². The van der Waals surface area contributed by atoms with Crippen molar-refractivity contribution in [2.75, 3.05) is 20.3 Å². The van der Waals surface area contributed by atoms with Crippen LogP contribution in [-0.2, 0) is 13.8 Å². The molecular formula is C11H13ClF2O4S. The van der Waals surface area contributed by atoms with Gasteiger partial charge in [-0.25, -0.2) is 17.2 Å². The maximum atomic E-state index is 13.5. The molecule has 0 heterocycles. The highest BCUT2D eigenvalue weighted by Gasteiger charge is 2.18. The van der Waals surface area contributed by atoms with Gasteiger partial charge in [0, 0.05) is 24.4 Å². The van der Waals surface area contributed by atoms with E-state index >= 15 is 0 Å². The lowest BCUT2D eigenvalue weighted by molar-refractivity contribution is 0.182. The predicted octanol–water partition coefficient (Wildman–Crippen LogP) is 2.70. The average molecular weight is 315 g/mol. The van der Waals surface area contributed by atoms with Crippen molar-refractivity contribution in [3.8, 4) is 5.75 Å². The van der Waals surface area contributed by atoms with E-state index in [1.165, 1.54) is 0 Å². The minimum Gasteiger partial charge on any atom is -0.488 e. The minimum atomic E-state index is -4.18. The van der Waals surface area contributed by atoms with Crippen molar-refractivity contribution in [3.05, 3.63) is 23.8 Å². The maximum Gasteiger partial charge on any atom is 0.261 e. The van der Waals surface area contributed by atoms with Crippen LogP contribution >= 0.6 is 10.7 Å². The zero-order chi connectivity index (χ0) is 14.5. The molecule has 0 bridgehead atoms. The van der Waals surface area contributed by atoms with Gasteiger partial charge in [0.25, 0.3) is 9.05 Å². The second kappa shape index (κ2) is 7.02. The van der Waals surface area contributed by atoms with Crippen molar-refractivity contribution in [1.29, 1.82) is 0 Å². The highest BCUT2D eigenvalue weighted by molar-refractivity contribution is 8.13. The number of hydrogen-bond acceptors (Lipinski definition) is 4. The molecule has 0 saturated heterocycles. The van der Waals surface area contributed by atoms with Crippen LogP contribution in [0.1, 0.15) is 12.8 Å². The van der Waals surface area contributed by atoms with Gasteiger partial charge in [-0.3, -0.25) is 0 Å². The van der Waals surface area contributed by atoms with Gasteiger partial charge in [-0.2, -0.15) is 0 Å². The predicted molar refractivity (Wildman–Crippen MR) is 66.0 cm³/mol. The van der Waals surface area contributed by atoms with Crippen molar-refractivity contribution >= 4 is 19.7 Å². The summed E-state index contributed by atoms with van der Waals surface area (Å²) in [4.78, 5) is -0.643. The molecule has 1 aromatic rings. The van der Waals surface area contributed by atoms with Crippen molar-refractivity contribution < 1.29 is 26.7 Å². The van der Waals surface area contributed by atoms with Gasteiger partial charge in [0.1, 0.15) is 0 Å². The summed E-state index contributed by atoms with van der Waals surface area (Å²) in [6.07, 6.45) is 1.25. The summed E-state index contributed by atoms with van der Waals surface area (Å²) in [5.74, 6) is -2.82. The minimum absolute atomic E-state index is 0.101. The van der Waals surface area contributed by atoms with Gasteiger partial charge in [-0.05, 0) is 25.0 Å². The van der Waals surface area contributed by atoms with Gasteiger partial charge in [0.2, 0.25) is 0 Å². The number of rotatable bonds is 7. The Morgan fingerprint density at radius 3 is 2.16 bits per heavy atom. The molecule has 0 radical (unpaired) electrons. The van der Waals surface area contributed by atoms with Crippen LogP contribution in [0.5, 0.6) is 5.75 Å². The molecule has 0 aliphatic rings. The molecule has 0 unspecified atom stereocenters. The maximum absolute atomic E-state index is 13.5. The number of halogens is 3. The first kappa shape index (κ1) is 16.1. The summed E-state index contributed by atoms with van der Waals surface area (Å²) in [5, 5.41) is 0. The zero-order valence-electron chi connectivity index (χ0n) is 10.2. The molecule has 0 N–H and O–H groups in total. The van der Waals surface area contributed by atoms with Crippen molar-refractivity contribution in [2.45, 2.75) is 17.7 Å². The molecule has 0 atom stereocenters. The third-order valence-corrected chi connectivity index (χ3v) is 3.58. The monoisotopic (exact) mass is 314 g/mol. The van der Waals surface area contributed by atoms with Crippen LogP contribution < -0.4 is 4.74 Å². The molecule has 0 spiro atoms. The van der Waals surface area contributed by atoms with E-state index in [9.17, 15) is 17.2 Å². The van der Waals surface area contributed by atoms with Gasteiger partial charge < -0.3 is 9.47 Å². The van der Waals surface area contributed by atoms with E-state index in [-0.39, 0.29) is 6.61 Å². The second-order valence-electron chi connectivity index (χ2n) is 3.70. The van der Waals surface area contributed by atoms with Gasteiger partial charge in [0.15, 0.2) is 17.4 Å². The second-order valence-corrected chi connectivity index (χ2v) is 6.27. The Bertz CT molecular complexity index is 510. The molecule has 0 aliphatic carbocycles. The summed E-state index contributed by atoms with van der Waals surface area (Å²) in [6, 6.07) is 1.24. The van der Waals surface area contributed by atoms with Crippen molar-refractivity contribution in [1.82, 2.24) is 0 Å². The molecule has 0 amide bonds. The highest BCUT2D eigenvalue weighted by atomic mass is 35.7. The van der Waals surface area contributed by atoms with Crippen molar-refractivity contribution in [2.24, 2.45) is 0 Å². The highest BCUT2D eigenvalue weighted by Crippen LogP contribution is 2.27. The van der Waals surface area contributed by atoms with E-state index < -0.39 is 31.3 Å². The zero-order valence-corrected chi connectivity index (χ0v) is 11.7. The molecule has 108 valence electrons. The topological polar surface area (TPSA) is 52.6 Å². The lowest BCUT2D eigenvalue weighted by Gasteiger charge is -2.09. The SMILES string of the molecule is COCCCCOc1c(F)cc(S(=O)(=O)Cl)cc1F. The van der Waals surface area contributed by atoms with E-state index in [0.717, 1.165) is 0 Å². The van der Waals surface area contributed by atoms with Crippen LogP contribution in [-0.4, -0.2) is 28.7 Å². The van der Waals surface area contributed by atoms with Gasteiger partial charge in [-0.15, -0.1) is 0 Å². The summed E-state index contributed by atoms with van der Waals surface area (Å²) < 4.78 is 58.7.